The highest BCUT2D eigenvalue weighted by Crippen LogP contribution is 2.39. The number of fused-ring (bicyclic) bond motifs is 1. The first-order valence-corrected chi connectivity index (χ1v) is 14.2. The number of hydrogen-bond acceptors (Lipinski definition) is 6. The number of likely N-dealkylation sites (tertiary alicyclic amines) is 2. The van der Waals surface area contributed by atoms with Gasteiger partial charge >= 0.3 is 6.18 Å². The Hall–Kier alpha value is -3.35. The number of piperidine rings is 1. The van der Waals surface area contributed by atoms with Crippen LogP contribution in [0.3, 0.4) is 0 Å². The molecule has 10 nitrogen and oxygen atoms in total. The van der Waals surface area contributed by atoms with Gasteiger partial charge in [-0.2, -0.15) is 22.8 Å². The molecule has 0 atom stereocenters. The number of amides is 2. The third kappa shape index (κ3) is 5.86. The number of carbonyl (C=O) groups is 2. The van der Waals surface area contributed by atoms with E-state index < -0.39 is 35.6 Å². The average Bonchev–Trinajstić information content (AvgIpc) is 3.50. The third-order valence-electron chi connectivity index (χ3n) is 8.35. The van der Waals surface area contributed by atoms with Crippen LogP contribution in [0.1, 0.15) is 74.0 Å². The molecule has 1 aliphatic carbocycles. The van der Waals surface area contributed by atoms with Gasteiger partial charge in [-0.15, -0.1) is 0 Å². The highest BCUT2D eigenvalue weighted by Gasteiger charge is 2.46. The summed E-state index contributed by atoms with van der Waals surface area (Å²) in [5, 5.41) is 18.2. The molecule has 224 valence electrons. The molecule has 0 unspecified atom stereocenters. The van der Waals surface area contributed by atoms with Crippen molar-refractivity contribution in [3.8, 4) is 5.88 Å². The van der Waals surface area contributed by atoms with Gasteiger partial charge in [0, 0.05) is 49.4 Å². The van der Waals surface area contributed by atoms with Crippen LogP contribution in [-0.2, 0) is 11.3 Å². The number of aromatic nitrogens is 3. The maximum Gasteiger partial charge on any atom is 0.401 e. The second kappa shape index (κ2) is 10.8. The fraction of sp³-hybridized carbons (Fsp3) is 0.643. The molecule has 2 aromatic heterocycles. The standard InChI is InChI=1S/C28H37F3N6O4/c1-17(2)15-35-24-20(18(3)33-37(24)26(41)22(25(35)40)23(39)32-19-5-6-19)7-8-21(38)36-12-4-9-27(36)10-13-34(14-11-27)16-28(29,30)31/h7-8,17,19,41H,4-6,9-16H2,1-3H3,(H,32,39)/b8-7+. The number of aromatic hydroxyl groups is 1. The van der Waals surface area contributed by atoms with Crippen LogP contribution in [0.5, 0.6) is 5.88 Å². The van der Waals surface area contributed by atoms with Gasteiger partial charge in [-0.05, 0) is 57.4 Å². The molecule has 2 saturated heterocycles. The molecule has 0 aromatic carbocycles. The van der Waals surface area contributed by atoms with E-state index >= 15 is 0 Å². The summed E-state index contributed by atoms with van der Waals surface area (Å²) in [5.41, 5.74) is -0.267. The molecule has 2 aliphatic heterocycles. The number of carbonyl (C=O) groups excluding carboxylic acids is 2. The largest absolute Gasteiger partial charge is 0.492 e. The van der Waals surface area contributed by atoms with Crippen molar-refractivity contribution in [2.45, 2.75) is 83.6 Å². The van der Waals surface area contributed by atoms with Crippen LogP contribution in [0.25, 0.3) is 11.7 Å². The number of rotatable bonds is 7. The van der Waals surface area contributed by atoms with Crippen LogP contribution < -0.4 is 10.9 Å². The molecule has 3 aliphatic rings. The molecule has 5 rings (SSSR count). The highest BCUT2D eigenvalue weighted by molar-refractivity contribution is 5.97. The minimum atomic E-state index is -4.25. The van der Waals surface area contributed by atoms with Crippen LogP contribution in [0.4, 0.5) is 13.2 Å². The number of alkyl halides is 3. The fourth-order valence-corrected chi connectivity index (χ4v) is 6.21. The first-order chi connectivity index (χ1) is 19.3. The Kier molecular flexibility index (Phi) is 7.68. The van der Waals surface area contributed by atoms with Gasteiger partial charge in [0.25, 0.3) is 11.5 Å². The van der Waals surface area contributed by atoms with Crippen molar-refractivity contribution < 1.29 is 27.9 Å². The normalized spacial score (nSPS) is 19.7. The summed E-state index contributed by atoms with van der Waals surface area (Å²) in [6.07, 6.45) is 2.86. The first-order valence-electron chi connectivity index (χ1n) is 14.2. The predicted octanol–water partition coefficient (Wildman–Crippen LogP) is 3.09. The average molecular weight is 579 g/mol. The molecule has 2 amide bonds. The Balaban J connectivity index is 1.45. The van der Waals surface area contributed by atoms with E-state index in [4.69, 9.17) is 0 Å². The zero-order valence-corrected chi connectivity index (χ0v) is 23.6. The zero-order chi connectivity index (χ0) is 29.7. The number of hydrogen-bond donors (Lipinski definition) is 2. The molecule has 2 N–H and O–H groups in total. The van der Waals surface area contributed by atoms with Gasteiger partial charge in [0.05, 0.1) is 12.2 Å². The third-order valence-corrected chi connectivity index (χ3v) is 8.35. The van der Waals surface area contributed by atoms with E-state index in [0.29, 0.717) is 30.6 Å². The maximum atomic E-state index is 13.5. The first kappa shape index (κ1) is 29.2. The Morgan fingerprint density at radius 3 is 2.46 bits per heavy atom. The molecule has 1 spiro atoms. The van der Waals surface area contributed by atoms with Crippen molar-refractivity contribution in [3.05, 3.63) is 33.3 Å². The van der Waals surface area contributed by atoms with E-state index in [9.17, 15) is 32.7 Å². The van der Waals surface area contributed by atoms with Crippen LogP contribution >= 0.6 is 0 Å². The van der Waals surface area contributed by atoms with Gasteiger partial charge in [0.1, 0.15) is 5.65 Å². The highest BCUT2D eigenvalue weighted by atomic mass is 19.4. The van der Waals surface area contributed by atoms with Crippen LogP contribution in [0.2, 0.25) is 0 Å². The number of aryl methyl sites for hydroxylation is 1. The smallest absolute Gasteiger partial charge is 0.401 e. The van der Waals surface area contributed by atoms with Gasteiger partial charge in [-0.3, -0.25) is 23.9 Å². The van der Waals surface area contributed by atoms with Crippen molar-refractivity contribution >= 4 is 23.5 Å². The summed E-state index contributed by atoms with van der Waals surface area (Å²) in [6.45, 7) is 5.93. The van der Waals surface area contributed by atoms with E-state index in [1.807, 2.05) is 13.8 Å². The Morgan fingerprint density at radius 2 is 1.85 bits per heavy atom. The lowest BCUT2D eigenvalue weighted by atomic mass is 9.85. The fourth-order valence-electron chi connectivity index (χ4n) is 6.21. The molecule has 2 aromatic rings. The molecular weight excluding hydrogens is 541 g/mol. The summed E-state index contributed by atoms with van der Waals surface area (Å²) in [4.78, 5) is 43.0. The minimum absolute atomic E-state index is 0.00910. The van der Waals surface area contributed by atoms with Crippen molar-refractivity contribution in [3.63, 3.8) is 0 Å². The zero-order valence-electron chi connectivity index (χ0n) is 23.6. The predicted molar refractivity (Wildman–Crippen MR) is 146 cm³/mol. The van der Waals surface area contributed by atoms with E-state index in [1.165, 1.54) is 20.1 Å². The minimum Gasteiger partial charge on any atom is -0.492 e. The van der Waals surface area contributed by atoms with Crippen LogP contribution in [0, 0.1) is 12.8 Å². The molecular formula is C28H37F3N6O4. The Morgan fingerprint density at radius 1 is 1.17 bits per heavy atom. The number of nitrogens with one attached hydrogen (secondary N) is 1. The summed E-state index contributed by atoms with van der Waals surface area (Å²) in [5.74, 6) is -1.42. The Bertz CT molecular complexity index is 1430. The lowest BCUT2D eigenvalue weighted by molar-refractivity contribution is -0.153. The van der Waals surface area contributed by atoms with E-state index in [2.05, 4.69) is 10.4 Å². The van der Waals surface area contributed by atoms with Crippen LogP contribution in [0.15, 0.2) is 10.9 Å². The van der Waals surface area contributed by atoms with Crippen molar-refractivity contribution in [2.75, 3.05) is 26.2 Å². The van der Waals surface area contributed by atoms with E-state index in [1.54, 1.807) is 17.9 Å². The summed E-state index contributed by atoms with van der Waals surface area (Å²) >= 11 is 0. The SMILES string of the molecule is Cc1nn2c(O)c(C(=O)NC3CC3)c(=O)n(CC(C)C)c2c1/C=C/C(=O)N1CCCC12CCN(CC(F)(F)F)CC2. The molecule has 0 radical (unpaired) electrons. The van der Waals surface area contributed by atoms with Crippen molar-refractivity contribution in [1.29, 1.82) is 0 Å². The van der Waals surface area contributed by atoms with Gasteiger partial charge in [-0.25, -0.2) is 0 Å². The number of nitrogens with zero attached hydrogens (tertiary/aromatic N) is 5. The maximum absolute atomic E-state index is 13.5. The van der Waals surface area contributed by atoms with Gasteiger partial charge in [0.2, 0.25) is 11.8 Å². The quantitative estimate of drug-likeness (QED) is 0.489. The second-order valence-corrected chi connectivity index (χ2v) is 12.0. The van der Waals surface area contributed by atoms with Crippen molar-refractivity contribution in [1.82, 2.24) is 29.3 Å². The summed E-state index contributed by atoms with van der Waals surface area (Å²) < 4.78 is 41.2. The van der Waals surface area contributed by atoms with Crippen LogP contribution in [-0.4, -0.2) is 84.8 Å². The summed E-state index contributed by atoms with van der Waals surface area (Å²) in [6, 6.07) is -0.00910. The molecule has 0 bridgehead atoms. The summed E-state index contributed by atoms with van der Waals surface area (Å²) in [7, 11) is 0. The lowest BCUT2D eigenvalue weighted by Crippen LogP contribution is -2.54. The van der Waals surface area contributed by atoms with Gasteiger partial charge in [-0.1, -0.05) is 13.8 Å². The van der Waals surface area contributed by atoms with E-state index in [-0.39, 0.29) is 48.7 Å². The van der Waals surface area contributed by atoms with E-state index in [0.717, 1.165) is 25.7 Å². The molecule has 13 heteroatoms. The molecule has 4 heterocycles. The monoisotopic (exact) mass is 578 g/mol. The topological polar surface area (TPSA) is 112 Å². The molecule has 1 saturated carbocycles. The van der Waals surface area contributed by atoms with Gasteiger partial charge < -0.3 is 15.3 Å². The molecule has 3 fully saturated rings. The second-order valence-electron chi connectivity index (χ2n) is 12.0. The Labute approximate surface area is 235 Å². The lowest BCUT2D eigenvalue weighted by Gasteiger charge is -2.44. The number of halogens is 3. The molecule has 41 heavy (non-hydrogen) atoms. The van der Waals surface area contributed by atoms with Crippen molar-refractivity contribution in [2.24, 2.45) is 5.92 Å². The van der Waals surface area contributed by atoms with Gasteiger partial charge in [0.15, 0.2) is 5.56 Å².